The summed E-state index contributed by atoms with van der Waals surface area (Å²) < 4.78 is 5.28. The number of carboxylic acid groups (broad SMARTS) is 1. The number of aryl methyl sites for hydroxylation is 1. The smallest absolute Gasteiger partial charge is 0.332 e. The zero-order valence-electron chi connectivity index (χ0n) is 11.7. The second-order valence-corrected chi connectivity index (χ2v) is 5.75. The summed E-state index contributed by atoms with van der Waals surface area (Å²) in [5, 5.41) is 11.9. The van der Waals surface area contributed by atoms with Crippen LogP contribution in [0.4, 0.5) is 0 Å². The lowest BCUT2D eigenvalue weighted by molar-refractivity contribution is -0.151. The van der Waals surface area contributed by atoms with Crippen LogP contribution in [0.2, 0.25) is 0 Å². The summed E-state index contributed by atoms with van der Waals surface area (Å²) in [4.78, 5) is 23.0. The third kappa shape index (κ3) is 3.08. The number of fused-ring (bicyclic) bond motifs is 1. The standard InChI is InChI=1S/C16H19NO4/c18-15(13-7-8-14(21-13)16(19)20)17-12-6-5-10-3-1-2-4-11(10)9-12/h1-4,12-14H,5-9H2,(H,17,18)(H,19,20). The molecule has 0 radical (unpaired) electrons. The number of rotatable bonds is 3. The lowest BCUT2D eigenvalue weighted by atomic mass is 9.88. The van der Waals surface area contributed by atoms with Crippen molar-refractivity contribution in [1.82, 2.24) is 5.32 Å². The molecule has 0 bridgehead atoms. The number of carbonyl (C=O) groups excluding carboxylic acids is 1. The van der Waals surface area contributed by atoms with Crippen LogP contribution < -0.4 is 5.32 Å². The van der Waals surface area contributed by atoms with Crippen LogP contribution in [0.1, 0.15) is 30.4 Å². The van der Waals surface area contributed by atoms with E-state index in [1.165, 1.54) is 11.1 Å². The predicted molar refractivity (Wildman–Crippen MR) is 75.9 cm³/mol. The summed E-state index contributed by atoms with van der Waals surface area (Å²) in [7, 11) is 0. The summed E-state index contributed by atoms with van der Waals surface area (Å²) in [6, 6.07) is 8.39. The van der Waals surface area contributed by atoms with E-state index in [0.717, 1.165) is 19.3 Å². The lowest BCUT2D eigenvalue weighted by Gasteiger charge is -2.26. The number of hydrogen-bond acceptors (Lipinski definition) is 3. The van der Waals surface area contributed by atoms with E-state index in [4.69, 9.17) is 9.84 Å². The van der Waals surface area contributed by atoms with Gasteiger partial charge in [-0.2, -0.15) is 0 Å². The number of benzene rings is 1. The summed E-state index contributed by atoms with van der Waals surface area (Å²) in [6.45, 7) is 0. The maximum atomic E-state index is 12.2. The van der Waals surface area contributed by atoms with Gasteiger partial charge >= 0.3 is 5.97 Å². The van der Waals surface area contributed by atoms with Crippen molar-refractivity contribution in [2.24, 2.45) is 0 Å². The highest BCUT2D eigenvalue weighted by Gasteiger charge is 2.35. The minimum Gasteiger partial charge on any atom is -0.479 e. The summed E-state index contributed by atoms with van der Waals surface area (Å²) in [6.07, 6.45) is 2.13. The first-order valence-electron chi connectivity index (χ1n) is 7.39. The molecule has 3 unspecified atom stereocenters. The van der Waals surface area contributed by atoms with Crippen LogP contribution in [0.25, 0.3) is 0 Å². The highest BCUT2D eigenvalue weighted by Crippen LogP contribution is 2.23. The summed E-state index contributed by atoms with van der Waals surface area (Å²) >= 11 is 0. The van der Waals surface area contributed by atoms with Gasteiger partial charge in [-0.15, -0.1) is 0 Å². The molecule has 21 heavy (non-hydrogen) atoms. The Morgan fingerprint density at radius 2 is 1.81 bits per heavy atom. The average Bonchev–Trinajstić information content (AvgIpc) is 2.97. The largest absolute Gasteiger partial charge is 0.479 e. The van der Waals surface area contributed by atoms with Crippen molar-refractivity contribution < 1.29 is 19.4 Å². The molecule has 1 amide bonds. The molecule has 3 atom stereocenters. The van der Waals surface area contributed by atoms with Crippen molar-refractivity contribution in [2.45, 2.75) is 50.4 Å². The molecule has 2 N–H and O–H groups in total. The molecule has 1 aromatic carbocycles. The van der Waals surface area contributed by atoms with Crippen LogP contribution in [0.5, 0.6) is 0 Å². The molecule has 1 aromatic rings. The van der Waals surface area contributed by atoms with Gasteiger partial charge < -0.3 is 15.2 Å². The number of amides is 1. The van der Waals surface area contributed by atoms with Crippen molar-refractivity contribution >= 4 is 11.9 Å². The van der Waals surface area contributed by atoms with Crippen LogP contribution in [0.3, 0.4) is 0 Å². The first-order valence-corrected chi connectivity index (χ1v) is 7.39. The lowest BCUT2D eigenvalue weighted by Crippen LogP contribution is -2.44. The van der Waals surface area contributed by atoms with Gasteiger partial charge in [0.05, 0.1) is 0 Å². The molecule has 5 nitrogen and oxygen atoms in total. The van der Waals surface area contributed by atoms with Crippen molar-refractivity contribution in [1.29, 1.82) is 0 Å². The third-order valence-electron chi connectivity index (χ3n) is 4.28. The SMILES string of the molecule is O=C(O)C1CCC(C(=O)NC2CCc3ccccc3C2)O1. The Bertz CT molecular complexity index is 557. The van der Waals surface area contributed by atoms with E-state index in [2.05, 4.69) is 17.4 Å². The zero-order chi connectivity index (χ0) is 14.8. The van der Waals surface area contributed by atoms with Crippen molar-refractivity contribution in [3.63, 3.8) is 0 Å². The number of aliphatic carboxylic acids is 1. The van der Waals surface area contributed by atoms with Crippen LogP contribution in [0.15, 0.2) is 24.3 Å². The molecule has 1 saturated heterocycles. The number of ether oxygens (including phenoxy) is 1. The minimum atomic E-state index is -0.989. The Morgan fingerprint density at radius 3 is 2.52 bits per heavy atom. The van der Waals surface area contributed by atoms with Gasteiger partial charge in [0.1, 0.15) is 6.10 Å². The van der Waals surface area contributed by atoms with Gasteiger partial charge in [0.15, 0.2) is 6.10 Å². The molecular formula is C16H19NO4. The van der Waals surface area contributed by atoms with E-state index < -0.39 is 18.2 Å². The molecule has 0 aromatic heterocycles. The average molecular weight is 289 g/mol. The molecule has 0 spiro atoms. The number of nitrogens with one attached hydrogen (secondary N) is 1. The molecule has 5 heteroatoms. The Hall–Kier alpha value is -1.88. The van der Waals surface area contributed by atoms with Crippen molar-refractivity contribution in [3.8, 4) is 0 Å². The first-order chi connectivity index (χ1) is 10.1. The van der Waals surface area contributed by atoms with E-state index in [1.54, 1.807) is 0 Å². The van der Waals surface area contributed by atoms with Gasteiger partial charge in [0.25, 0.3) is 0 Å². The molecule has 1 aliphatic carbocycles. The second-order valence-electron chi connectivity index (χ2n) is 5.75. The number of carboxylic acids is 1. The van der Waals surface area contributed by atoms with E-state index in [0.29, 0.717) is 12.8 Å². The molecule has 0 saturated carbocycles. The van der Waals surface area contributed by atoms with Crippen molar-refractivity contribution in [3.05, 3.63) is 35.4 Å². The molecule has 112 valence electrons. The molecule has 3 rings (SSSR count). The quantitative estimate of drug-likeness (QED) is 0.879. The second kappa shape index (κ2) is 5.85. The number of carbonyl (C=O) groups is 2. The molecule has 2 aliphatic rings. The van der Waals surface area contributed by atoms with Crippen molar-refractivity contribution in [2.75, 3.05) is 0 Å². The molecule has 1 heterocycles. The zero-order valence-corrected chi connectivity index (χ0v) is 11.7. The van der Waals surface area contributed by atoms with E-state index >= 15 is 0 Å². The van der Waals surface area contributed by atoms with Gasteiger partial charge in [0, 0.05) is 6.04 Å². The van der Waals surface area contributed by atoms with Crippen LogP contribution >= 0.6 is 0 Å². The fourth-order valence-corrected chi connectivity index (χ4v) is 3.13. The Kier molecular flexibility index (Phi) is 3.92. The Balaban J connectivity index is 1.56. The highest BCUT2D eigenvalue weighted by atomic mass is 16.5. The Morgan fingerprint density at radius 1 is 1.10 bits per heavy atom. The molecule has 1 aliphatic heterocycles. The van der Waals surface area contributed by atoms with Gasteiger partial charge in [-0.3, -0.25) is 4.79 Å². The fourth-order valence-electron chi connectivity index (χ4n) is 3.13. The van der Waals surface area contributed by atoms with Gasteiger partial charge in [-0.25, -0.2) is 4.79 Å². The summed E-state index contributed by atoms with van der Waals surface area (Å²) in [5.74, 6) is -1.17. The fraction of sp³-hybridized carbons (Fsp3) is 0.500. The molecular weight excluding hydrogens is 270 g/mol. The maximum absolute atomic E-state index is 12.2. The maximum Gasteiger partial charge on any atom is 0.332 e. The van der Waals surface area contributed by atoms with E-state index in [9.17, 15) is 9.59 Å². The normalized spacial score (nSPS) is 27.9. The number of hydrogen-bond donors (Lipinski definition) is 2. The molecule has 1 fully saturated rings. The van der Waals surface area contributed by atoms with Gasteiger partial charge in [-0.1, -0.05) is 24.3 Å². The highest BCUT2D eigenvalue weighted by molar-refractivity contribution is 5.82. The Labute approximate surface area is 123 Å². The minimum absolute atomic E-state index is 0.111. The summed E-state index contributed by atoms with van der Waals surface area (Å²) in [5.41, 5.74) is 2.64. The van der Waals surface area contributed by atoms with Crippen LogP contribution in [-0.2, 0) is 27.2 Å². The van der Waals surface area contributed by atoms with Gasteiger partial charge in [0.2, 0.25) is 5.91 Å². The van der Waals surface area contributed by atoms with Gasteiger partial charge in [-0.05, 0) is 43.2 Å². The van der Waals surface area contributed by atoms with E-state index in [1.807, 2.05) is 12.1 Å². The predicted octanol–water partition coefficient (Wildman–Crippen LogP) is 1.29. The van der Waals surface area contributed by atoms with E-state index in [-0.39, 0.29) is 11.9 Å². The first kappa shape index (κ1) is 14.1. The topological polar surface area (TPSA) is 75.6 Å². The monoisotopic (exact) mass is 289 g/mol. The van der Waals surface area contributed by atoms with Crippen LogP contribution in [-0.4, -0.2) is 35.2 Å². The third-order valence-corrected chi connectivity index (χ3v) is 4.28. The van der Waals surface area contributed by atoms with Crippen LogP contribution in [0, 0.1) is 0 Å².